The van der Waals surface area contributed by atoms with Crippen molar-refractivity contribution in [2.75, 3.05) is 0 Å². The number of nitrogens with two attached hydrogens (primary N) is 1. The van der Waals surface area contributed by atoms with Gasteiger partial charge in [-0.3, -0.25) is 0 Å². The molecule has 0 amide bonds. The number of furan rings is 1. The molecule has 114 valence electrons. The van der Waals surface area contributed by atoms with E-state index in [0.29, 0.717) is 13.2 Å². The van der Waals surface area contributed by atoms with E-state index in [1.807, 2.05) is 18.2 Å². The van der Waals surface area contributed by atoms with Crippen LogP contribution in [0.2, 0.25) is 0 Å². The molecule has 2 heterocycles. The fourth-order valence-electron chi connectivity index (χ4n) is 3.15. The van der Waals surface area contributed by atoms with Gasteiger partial charge in [0.05, 0.1) is 31.5 Å². The van der Waals surface area contributed by atoms with Crippen molar-refractivity contribution in [2.45, 2.75) is 58.2 Å². The Kier molecular flexibility index (Phi) is 4.29. The molecule has 2 N–H and O–H groups in total. The summed E-state index contributed by atoms with van der Waals surface area (Å²) in [6.45, 7) is 5.15. The first kappa shape index (κ1) is 14.6. The standard InChI is InChI=1S/C17H23NO3/c1-11-7-13(8-12(2)20-11)19-10-15-14-5-3-4-6-16(14)21-17(15)9-18/h3-6,11-13H,7-10,18H2,1-2H3. The highest BCUT2D eigenvalue weighted by Crippen LogP contribution is 2.28. The first-order valence-electron chi connectivity index (χ1n) is 7.63. The second-order valence-electron chi connectivity index (χ2n) is 5.87. The molecule has 21 heavy (non-hydrogen) atoms. The van der Waals surface area contributed by atoms with Gasteiger partial charge in [0.2, 0.25) is 0 Å². The Balaban J connectivity index is 1.75. The van der Waals surface area contributed by atoms with Crippen molar-refractivity contribution in [3.05, 3.63) is 35.6 Å². The fraction of sp³-hybridized carbons (Fsp3) is 0.529. The van der Waals surface area contributed by atoms with Crippen LogP contribution in [0.15, 0.2) is 28.7 Å². The average molecular weight is 289 g/mol. The molecule has 1 aromatic carbocycles. The second kappa shape index (κ2) is 6.18. The molecule has 1 aromatic heterocycles. The monoisotopic (exact) mass is 289 g/mol. The first-order valence-corrected chi connectivity index (χ1v) is 7.63. The Bertz CT molecular complexity index is 597. The lowest BCUT2D eigenvalue weighted by Gasteiger charge is -2.32. The van der Waals surface area contributed by atoms with E-state index in [1.165, 1.54) is 0 Å². The zero-order valence-corrected chi connectivity index (χ0v) is 12.7. The van der Waals surface area contributed by atoms with E-state index in [4.69, 9.17) is 19.6 Å². The van der Waals surface area contributed by atoms with Gasteiger partial charge in [-0.1, -0.05) is 18.2 Å². The van der Waals surface area contributed by atoms with Crippen molar-refractivity contribution in [2.24, 2.45) is 5.73 Å². The number of fused-ring (bicyclic) bond motifs is 1. The van der Waals surface area contributed by atoms with Gasteiger partial charge in [0.25, 0.3) is 0 Å². The molecule has 4 nitrogen and oxygen atoms in total. The number of ether oxygens (including phenoxy) is 2. The summed E-state index contributed by atoms with van der Waals surface area (Å²) >= 11 is 0. The van der Waals surface area contributed by atoms with Crippen LogP contribution >= 0.6 is 0 Å². The van der Waals surface area contributed by atoms with Crippen molar-refractivity contribution in [3.63, 3.8) is 0 Å². The Hall–Kier alpha value is -1.36. The van der Waals surface area contributed by atoms with Crippen LogP contribution in [-0.4, -0.2) is 18.3 Å². The van der Waals surface area contributed by atoms with Crippen LogP contribution in [0.1, 0.15) is 38.0 Å². The molecular weight excluding hydrogens is 266 g/mol. The molecule has 4 heteroatoms. The summed E-state index contributed by atoms with van der Waals surface area (Å²) < 4.78 is 17.7. The molecule has 2 aromatic rings. The zero-order chi connectivity index (χ0) is 14.8. The molecule has 2 unspecified atom stereocenters. The number of rotatable bonds is 4. The molecule has 1 fully saturated rings. The fourth-order valence-corrected chi connectivity index (χ4v) is 3.15. The first-order chi connectivity index (χ1) is 10.2. The second-order valence-corrected chi connectivity index (χ2v) is 5.87. The van der Waals surface area contributed by atoms with Crippen molar-refractivity contribution in [1.82, 2.24) is 0 Å². The Labute approximate surface area is 125 Å². The summed E-state index contributed by atoms with van der Waals surface area (Å²) in [5.74, 6) is 0.823. The van der Waals surface area contributed by atoms with Crippen LogP contribution < -0.4 is 5.73 Å². The van der Waals surface area contributed by atoms with Gasteiger partial charge in [-0.2, -0.15) is 0 Å². The van der Waals surface area contributed by atoms with E-state index in [-0.39, 0.29) is 18.3 Å². The van der Waals surface area contributed by atoms with E-state index >= 15 is 0 Å². The third-order valence-electron chi connectivity index (χ3n) is 4.08. The van der Waals surface area contributed by atoms with Gasteiger partial charge < -0.3 is 19.6 Å². The van der Waals surface area contributed by atoms with E-state index in [0.717, 1.165) is 35.1 Å². The normalized spacial score (nSPS) is 26.3. The maximum atomic E-state index is 6.12. The third kappa shape index (κ3) is 3.12. The van der Waals surface area contributed by atoms with Crippen LogP contribution in [0.25, 0.3) is 11.0 Å². The number of para-hydroxylation sites is 1. The molecular formula is C17H23NO3. The van der Waals surface area contributed by atoms with Gasteiger partial charge >= 0.3 is 0 Å². The van der Waals surface area contributed by atoms with Crippen molar-refractivity contribution >= 4 is 11.0 Å². The van der Waals surface area contributed by atoms with E-state index in [1.54, 1.807) is 0 Å². The highest BCUT2D eigenvalue weighted by molar-refractivity contribution is 5.82. The number of hydrogen-bond donors (Lipinski definition) is 1. The van der Waals surface area contributed by atoms with Gasteiger partial charge in [-0.15, -0.1) is 0 Å². The molecule has 2 atom stereocenters. The molecule has 0 radical (unpaired) electrons. The minimum Gasteiger partial charge on any atom is -0.459 e. The van der Waals surface area contributed by atoms with Crippen molar-refractivity contribution in [3.8, 4) is 0 Å². The Morgan fingerprint density at radius 3 is 2.62 bits per heavy atom. The minimum absolute atomic E-state index is 0.239. The molecule has 0 saturated carbocycles. The lowest BCUT2D eigenvalue weighted by Crippen LogP contribution is -2.34. The van der Waals surface area contributed by atoms with Crippen LogP contribution in [0.5, 0.6) is 0 Å². The van der Waals surface area contributed by atoms with E-state index in [2.05, 4.69) is 19.9 Å². The molecule has 0 bridgehead atoms. The maximum absolute atomic E-state index is 6.12. The van der Waals surface area contributed by atoms with Crippen molar-refractivity contribution in [1.29, 1.82) is 0 Å². The van der Waals surface area contributed by atoms with Crippen LogP contribution in [-0.2, 0) is 22.6 Å². The van der Waals surface area contributed by atoms with Crippen LogP contribution in [0, 0.1) is 0 Å². The summed E-state index contributed by atoms with van der Waals surface area (Å²) in [4.78, 5) is 0. The Morgan fingerprint density at radius 1 is 1.19 bits per heavy atom. The van der Waals surface area contributed by atoms with Gasteiger partial charge in [-0.25, -0.2) is 0 Å². The van der Waals surface area contributed by atoms with Gasteiger partial charge in [0.1, 0.15) is 11.3 Å². The van der Waals surface area contributed by atoms with Crippen LogP contribution in [0.3, 0.4) is 0 Å². The molecule has 3 rings (SSSR count). The highest BCUT2D eigenvalue weighted by atomic mass is 16.5. The summed E-state index contributed by atoms with van der Waals surface area (Å²) in [6.07, 6.45) is 2.64. The predicted molar refractivity (Wildman–Crippen MR) is 81.9 cm³/mol. The van der Waals surface area contributed by atoms with E-state index in [9.17, 15) is 0 Å². The molecule has 1 saturated heterocycles. The zero-order valence-electron chi connectivity index (χ0n) is 12.7. The smallest absolute Gasteiger partial charge is 0.134 e. The summed E-state index contributed by atoms with van der Waals surface area (Å²) in [7, 11) is 0. The molecule has 1 aliphatic rings. The Morgan fingerprint density at radius 2 is 1.90 bits per heavy atom. The topological polar surface area (TPSA) is 57.6 Å². The van der Waals surface area contributed by atoms with Gasteiger partial charge in [0, 0.05) is 10.9 Å². The minimum atomic E-state index is 0.239. The summed E-state index contributed by atoms with van der Waals surface area (Å²) in [5.41, 5.74) is 7.76. The summed E-state index contributed by atoms with van der Waals surface area (Å²) in [5, 5.41) is 1.10. The van der Waals surface area contributed by atoms with E-state index < -0.39 is 0 Å². The molecule has 0 spiro atoms. The quantitative estimate of drug-likeness (QED) is 0.937. The number of benzene rings is 1. The largest absolute Gasteiger partial charge is 0.459 e. The number of hydrogen-bond acceptors (Lipinski definition) is 4. The van der Waals surface area contributed by atoms with Gasteiger partial charge in [0.15, 0.2) is 0 Å². The lowest BCUT2D eigenvalue weighted by molar-refractivity contribution is -0.106. The maximum Gasteiger partial charge on any atom is 0.134 e. The summed E-state index contributed by atoms with van der Waals surface area (Å²) in [6, 6.07) is 8.02. The van der Waals surface area contributed by atoms with Crippen LogP contribution in [0.4, 0.5) is 0 Å². The van der Waals surface area contributed by atoms with Crippen molar-refractivity contribution < 1.29 is 13.9 Å². The third-order valence-corrected chi connectivity index (χ3v) is 4.08. The average Bonchev–Trinajstić information content (AvgIpc) is 2.82. The lowest BCUT2D eigenvalue weighted by atomic mass is 10.0. The van der Waals surface area contributed by atoms with Gasteiger partial charge in [-0.05, 0) is 32.8 Å². The predicted octanol–water partition coefficient (Wildman–Crippen LogP) is 3.36. The SMILES string of the molecule is CC1CC(OCc2c(CN)oc3ccccc23)CC(C)O1. The highest BCUT2D eigenvalue weighted by Gasteiger charge is 2.25. The molecule has 1 aliphatic heterocycles. The molecule has 0 aliphatic carbocycles.